The van der Waals surface area contributed by atoms with E-state index in [0.29, 0.717) is 0 Å². The van der Waals surface area contributed by atoms with Gasteiger partial charge in [0.25, 0.3) is 0 Å². The fraction of sp³-hybridized carbons (Fsp3) is 0.714. The van der Waals surface area contributed by atoms with Crippen LogP contribution in [0.2, 0.25) is 0 Å². The second-order valence-corrected chi connectivity index (χ2v) is 5.84. The highest BCUT2D eigenvalue weighted by Gasteiger charge is 2.11. The molecular weight excluding hydrogens is 258 g/mol. The summed E-state index contributed by atoms with van der Waals surface area (Å²) in [4.78, 5) is 16.2. The third-order valence-electron chi connectivity index (χ3n) is 2.97. The first-order chi connectivity index (χ1) is 9.13. The average Bonchev–Trinajstić information content (AvgIpc) is 2.80. The number of hydrogen-bond donors (Lipinski definition) is 2. The molecule has 0 aliphatic carbocycles. The fourth-order valence-corrected chi connectivity index (χ4v) is 2.42. The van der Waals surface area contributed by atoms with Gasteiger partial charge in [-0.2, -0.15) is 0 Å². The topological polar surface area (TPSA) is 54.0 Å². The molecule has 2 N–H and O–H groups in total. The van der Waals surface area contributed by atoms with Crippen molar-refractivity contribution in [2.45, 2.75) is 52.5 Å². The Hall–Kier alpha value is -0.940. The lowest BCUT2D eigenvalue weighted by molar-refractivity contribution is -0.122. The zero-order valence-electron chi connectivity index (χ0n) is 12.2. The lowest BCUT2D eigenvalue weighted by Crippen LogP contribution is -2.43. The SMILES string of the molecule is CCCCCNC(=O)C(C)NCCc1csc(C)n1. The van der Waals surface area contributed by atoms with Crippen molar-refractivity contribution < 1.29 is 4.79 Å². The highest BCUT2D eigenvalue weighted by atomic mass is 32.1. The Morgan fingerprint density at radius 2 is 2.21 bits per heavy atom. The molecule has 0 aliphatic heterocycles. The van der Waals surface area contributed by atoms with Crippen LogP contribution in [0.3, 0.4) is 0 Å². The van der Waals surface area contributed by atoms with E-state index in [1.54, 1.807) is 11.3 Å². The first-order valence-electron chi connectivity index (χ1n) is 7.05. The molecule has 1 aromatic rings. The molecule has 1 unspecified atom stereocenters. The summed E-state index contributed by atoms with van der Waals surface area (Å²) >= 11 is 1.67. The Kier molecular flexibility index (Phi) is 7.67. The van der Waals surface area contributed by atoms with Crippen LogP contribution in [0.1, 0.15) is 43.8 Å². The molecule has 0 radical (unpaired) electrons. The van der Waals surface area contributed by atoms with Crippen LogP contribution >= 0.6 is 11.3 Å². The maximum Gasteiger partial charge on any atom is 0.236 e. The molecule has 0 aromatic carbocycles. The number of nitrogens with one attached hydrogen (secondary N) is 2. The highest BCUT2D eigenvalue weighted by Crippen LogP contribution is 2.07. The molecule has 0 bridgehead atoms. The summed E-state index contributed by atoms with van der Waals surface area (Å²) in [5.41, 5.74) is 1.10. The normalized spacial score (nSPS) is 12.4. The minimum atomic E-state index is -0.138. The molecule has 0 saturated heterocycles. The zero-order chi connectivity index (χ0) is 14.1. The van der Waals surface area contributed by atoms with E-state index in [0.717, 1.165) is 36.6 Å². The zero-order valence-corrected chi connectivity index (χ0v) is 13.0. The molecule has 5 heteroatoms. The molecule has 0 aliphatic rings. The Labute approximate surface area is 120 Å². The van der Waals surface area contributed by atoms with Gasteiger partial charge in [-0.1, -0.05) is 19.8 Å². The number of carbonyl (C=O) groups excluding carboxylic acids is 1. The first-order valence-corrected chi connectivity index (χ1v) is 7.93. The number of aromatic nitrogens is 1. The summed E-state index contributed by atoms with van der Waals surface area (Å²) in [6, 6.07) is -0.138. The molecule has 1 amide bonds. The summed E-state index contributed by atoms with van der Waals surface area (Å²) in [7, 11) is 0. The van der Waals surface area contributed by atoms with Crippen molar-refractivity contribution in [2.75, 3.05) is 13.1 Å². The molecule has 0 fully saturated rings. The van der Waals surface area contributed by atoms with Crippen molar-refractivity contribution in [1.82, 2.24) is 15.6 Å². The summed E-state index contributed by atoms with van der Waals surface area (Å²) in [6.45, 7) is 7.64. The molecule has 1 aromatic heterocycles. The van der Waals surface area contributed by atoms with E-state index in [-0.39, 0.29) is 11.9 Å². The smallest absolute Gasteiger partial charge is 0.236 e. The summed E-state index contributed by atoms with van der Waals surface area (Å²) in [5.74, 6) is 0.0885. The van der Waals surface area contributed by atoms with Crippen molar-refractivity contribution >= 4 is 17.2 Å². The number of aryl methyl sites for hydroxylation is 1. The van der Waals surface area contributed by atoms with E-state index in [2.05, 4.69) is 27.9 Å². The highest BCUT2D eigenvalue weighted by molar-refractivity contribution is 7.09. The molecule has 4 nitrogen and oxygen atoms in total. The molecule has 19 heavy (non-hydrogen) atoms. The van der Waals surface area contributed by atoms with Crippen molar-refractivity contribution in [2.24, 2.45) is 0 Å². The van der Waals surface area contributed by atoms with Crippen molar-refractivity contribution in [3.8, 4) is 0 Å². The monoisotopic (exact) mass is 283 g/mol. The van der Waals surface area contributed by atoms with E-state index in [1.165, 1.54) is 12.8 Å². The number of hydrogen-bond acceptors (Lipinski definition) is 4. The Morgan fingerprint density at radius 1 is 1.42 bits per heavy atom. The second-order valence-electron chi connectivity index (χ2n) is 4.78. The van der Waals surface area contributed by atoms with Gasteiger partial charge >= 0.3 is 0 Å². The van der Waals surface area contributed by atoms with Crippen LogP contribution < -0.4 is 10.6 Å². The van der Waals surface area contributed by atoms with Gasteiger partial charge < -0.3 is 10.6 Å². The predicted octanol–water partition coefficient (Wildman–Crippen LogP) is 2.28. The van der Waals surface area contributed by atoms with Crippen LogP contribution in [-0.2, 0) is 11.2 Å². The molecular formula is C14H25N3OS. The van der Waals surface area contributed by atoms with E-state index in [9.17, 15) is 4.79 Å². The van der Waals surface area contributed by atoms with Gasteiger partial charge in [0.2, 0.25) is 5.91 Å². The van der Waals surface area contributed by atoms with Crippen LogP contribution in [0.15, 0.2) is 5.38 Å². The third-order valence-corrected chi connectivity index (χ3v) is 3.79. The van der Waals surface area contributed by atoms with Gasteiger partial charge in [0.05, 0.1) is 16.7 Å². The van der Waals surface area contributed by atoms with Gasteiger partial charge in [-0.3, -0.25) is 4.79 Å². The maximum atomic E-state index is 11.8. The van der Waals surface area contributed by atoms with Gasteiger partial charge in [-0.25, -0.2) is 4.98 Å². The van der Waals surface area contributed by atoms with E-state index in [1.807, 2.05) is 13.8 Å². The second kappa shape index (κ2) is 9.04. The minimum Gasteiger partial charge on any atom is -0.355 e. The lowest BCUT2D eigenvalue weighted by Gasteiger charge is -2.13. The predicted molar refractivity (Wildman–Crippen MR) is 80.6 cm³/mol. The maximum absolute atomic E-state index is 11.8. The van der Waals surface area contributed by atoms with E-state index < -0.39 is 0 Å². The number of nitrogens with zero attached hydrogens (tertiary/aromatic N) is 1. The van der Waals surface area contributed by atoms with Crippen molar-refractivity contribution in [1.29, 1.82) is 0 Å². The van der Waals surface area contributed by atoms with E-state index >= 15 is 0 Å². The summed E-state index contributed by atoms with van der Waals surface area (Å²) in [6.07, 6.45) is 4.28. The van der Waals surface area contributed by atoms with Crippen LogP contribution in [0, 0.1) is 6.92 Å². The standard InChI is InChI=1S/C14H25N3OS/c1-4-5-6-8-16-14(18)11(2)15-9-7-13-10-19-12(3)17-13/h10-11,15H,4-9H2,1-3H3,(H,16,18). The van der Waals surface area contributed by atoms with Gasteiger partial charge in [-0.05, 0) is 20.3 Å². The number of amides is 1. The largest absolute Gasteiger partial charge is 0.355 e. The van der Waals surface area contributed by atoms with Crippen LogP contribution in [0.5, 0.6) is 0 Å². The van der Waals surface area contributed by atoms with Gasteiger partial charge in [0.15, 0.2) is 0 Å². The van der Waals surface area contributed by atoms with Crippen LogP contribution in [-0.4, -0.2) is 30.0 Å². The molecule has 108 valence electrons. The Bertz CT molecular complexity index is 379. The Balaban J connectivity index is 2.12. The third kappa shape index (κ3) is 6.68. The molecule has 0 spiro atoms. The fourth-order valence-electron chi connectivity index (χ4n) is 1.77. The van der Waals surface area contributed by atoms with Gasteiger partial charge in [0.1, 0.15) is 0 Å². The molecule has 0 saturated carbocycles. The summed E-state index contributed by atoms with van der Waals surface area (Å²) in [5, 5.41) is 9.36. The van der Waals surface area contributed by atoms with Crippen molar-refractivity contribution in [3.05, 3.63) is 16.1 Å². The number of carbonyl (C=O) groups is 1. The lowest BCUT2D eigenvalue weighted by atomic mass is 10.2. The quantitative estimate of drug-likeness (QED) is 0.684. The molecule has 1 atom stereocenters. The van der Waals surface area contributed by atoms with E-state index in [4.69, 9.17) is 0 Å². The van der Waals surface area contributed by atoms with Gasteiger partial charge in [0, 0.05) is 24.9 Å². The first kappa shape index (κ1) is 16.1. The van der Waals surface area contributed by atoms with Crippen LogP contribution in [0.25, 0.3) is 0 Å². The summed E-state index contributed by atoms with van der Waals surface area (Å²) < 4.78 is 0. The van der Waals surface area contributed by atoms with Crippen LogP contribution in [0.4, 0.5) is 0 Å². The number of rotatable bonds is 9. The molecule has 1 rings (SSSR count). The molecule has 1 heterocycles. The minimum absolute atomic E-state index is 0.0885. The number of thiazole rings is 1. The number of unbranched alkanes of at least 4 members (excludes halogenated alkanes) is 2. The Morgan fingerprint density at radius 3 is 2.84 bits per heavy atom. The van der Waals surface area contributed by atoms with Gasteiger partial charge in [-0.15, -0.1) is 11.3 Å². The van der Waals surface area contributed by atoms with Crippen molar-refractivity contribution in [3.63, 3.8) is 0 Å². The average molecular weight is 283 g/mol.